The molecule has 24 heavy (non-hydrogen) atoms. The van der Waals surface area contributed by atoms with E-state index < -0.39 is 12.0 Å². The second kappa shape index (κ2) is 7.49. The third kappa shape index (κ3) is 3.59. The van der Waals surface area contributed by atoms with E-state index in [1.165, 1.54) is 13.5 Å². The molecule has 1 aromatic rings. The van der Waals surface area contributed by atoms with Crippen LogP contribution in [0.4, 0.5) is 4.79 Å². The van der Waals surface area contributed by atoms with Crippen LogP contribution in [0.5, 0.6) is 0 Å². The van der Waals surface area contributed by atoms with Crippen LogP contribution in [0, 0.1) is 0 Å². The number of nitrogens with one attached hydrogen (secondary N) is 2. The van der Waals surface area contributed by atoms with Gasteiger partial charge in [-0.15, -0.1) is 0 Å². The minimum absolute atomic E-state index is 0.288. The molecule has 1 aromatic carbocycles. The molecule has 2 N–H and O–H groups in total. The van der Waals surface area contributed by atoms with Crippen LogP contribution in [-0.2, 0) is 9.53 Å². The van der Waals surface area contributed by atoms with Gasteiger partial charge in [-0.2, -0.15) is 0 Å². The molecule has 6 nitrogen and oxygen atoms in total. The third-order valence-corrected chi connectivity index (χ3v) is 4.52. The summed E-state index contributed by atoms with van der Waals surface area (Å²) in [5.74, 6) is -0.414. The van der Waals surface area contributed by atoms with E-state index in [4.69, 9.17) is 4.74 Å². The van der Waals surface area contributed by atoms with E-state index in [2.05, 4.69) is 15.5 Å². The lowest BCUT2D eigenvalue weighted by molar-refractivity contribution is -0.136. The number of benzene rings is 1. The maximum Gasteiger partial charge on any atom is 0.338 e. The number of piperidine rings is 1. The summed E-state index contributed by atoms with van der Waals surface area (Å²) in [5, 5.41) is 5.65. The van der Waals surface area contributed by atoms with Gasteiger partial charge in [-0.05, 0) is 31.5 Å². The van der Waals surface area contributed by atoms with E-state index in [0.717, 1.165) is 31.5 Å². The first-order chi connectivity index (χ1) is 11.7. The van der Waals surface area contributed by atoms with E-state index in [9.17, 15) is 9.59 Å². The third-order valence-electron chi connectivity index (χ3n) is 4.52. The minimum atomic E-state index is -0.493. The van der Waals surface area contributed by atoms with Crippen molar-refractivity contribution in [2.45, 2.75) is 25.3 Å². The molecule has 3 rings (SSSR count). The summed E-state index contributed by atoms with van der Waals surface area (Å²) in [7, 11) is 1.37. The topological polar surface area (TPSA) is 70.7 Å². The van der Waals surface area contributed by atoms with Crippen LogP contribution in [0.1, 0.15) is 30.9 Å². The Labute approximate surface area is 141 Å². The molecule has 1 atom stereocenters. The maximum absolute atomic E-state index is 12.4. The predicted octanol–water partition coefficient (Wildman–Crippen LogP) is 1.95. The fourth-order valence-corrected chi connectivity index (χ4v) is 3.33. The van der Waals surface area contributed by atoms with Crippen LogP contribution in [-0.4, -0.2) is 43.6 Å². The van der Waals surface area contributed by atoms with Gasteiger partial charge >= 0.3 is 12.0 Å². The van der Waals surface area contributed by atoms with Crippen LogP contribution in [0.2, 0.25) is 0 Å². The highest BCUT2D eigenvalue weighted by Gasteiger charge is 2.34. The summed E-state index contributed by atoms with van der Waals surface area (Å²) in [6.07, 6.45) is 3.53. The van der Waals surface area contributed by atoms with Crippen LogP contribution in [0.15, 0.2) is 41.6 Å². The van der Waals surface area contributed by atoms with Gasteiger partial charge < -0.3 is 15.4 Å². The average molecular weight is 329 g/mol. The Kier molecular flexibility index (Phi) is 5.15. The second-order valence-corrected chi connectivity index (χ2v) is 6.16. The molecule has 6 heteroatoms. The van der Waals surface area contributed by atoms with Gasteiger partial charge in [0.1, 0.15) is 0 Å². The second-order valence-electron chi connectivity index (χ2n) is 6.16. The van der Waals surface area contributed by atoms with Crippen molar-refractivity contribution in [2.75, 3.05) is 26.7 Å². The Morgan fingerprint density at radius 1 is 1.21 bits per heavy atom. The lowest BCUT2D eigenvalue weighted by Crippen LogP contribution is -2.48. The largest absolute Gasteiger partial charge is 0.466 e. The quantitative estimate of drug-likeness (QED) is 0.829. The van der Waals surface area contributed by atoms with Gasteiger partial charge in [0, 0.05) is 12.2 Å². The molecule has 0 aromatic heterocycles. The first-order valence-corrected chi connectivity index (χ1v) is 8.35. The average Bonchev–Trinajstić information content (AvgIpc) is 2.62. The molecule has 2 amide bonds. The van der Waals surface area contributed by atoms with E-state index in [-0.39, 0.29) is 6.03 Å². The number of hydrogen-bond acceptors (Lipinski definition) is 4. The van der Waals surface area contributed by atoms with Crippen molar-refractivity contribution < 1.29 is 14.3 Å². The van der Waals surface area contributed by atoms with E-state index in [1.54, 1.807) is 0 Å². The maximum atomic E-state index is 12.4. The smallest absolute Gasteiger partial charge is 0.338 e. The normalized spacial score (nSPS) is 21.9. The van der Waals surface area contributed by atoms with E-state index in [0.29, 0.717) is 17.8 Å². The lowest BCUT2D eigenvalue weighted by Gasteiger charge is -2.33. The fraction of sp³-hybridized carbons (Fsp3) is 0.444. The standard InChI is InChI=1S/C18H23N3O3/c1-24-17(22)15-14(12-21-10-6-3-7-11-21)19-18(23)20-16(15)13-8-4-2-5-9-13/h2,4-5,8-9,16H,3,6-7,10-12H2,1H3,(H2,19,20,23)/t16-/m1/s1. The van der Waals surface area contributed by atoms with Crippen LogP contribution < -0.4 is 10.6 Å². The summed E-state index contributed by atoms with van der Waals surface area (Å²) in [6, 6.07) is 8.71. The zero-order valence-electron chi connectivity index (χ0n) is 13.9. The fourth-order valence-electron chi connectivity index (χ4n) is 3.33. The van der Waals surface area contributed by atoms with Crippen molar-refractivity contribution in [3.05, 3.63) is 47.2 Å². The Bertz CT molecular complexity index is 636. The van der Waals surface area contributed by atoms with Gasteiger partial charge in [0.25, 0.3) is 0 Å². The van der Waals surface area contributed by atoms with Crippen molar-refractivity contribution in [3.63, 3.8) is 0 Å². The van der Waals surface area contributed by atoms with Crippen molar-refractivity contribution in [1.29, 1.82) is 0 Å². The van der Waals surface area contributed by atoms with Crippen molar-refractivity contribution in [3.8, 4) is 0 Å². The summed E-state index contributed by atoms with van der Waals surface area (Å²) < 4.78 is 4.99. The Morgan fingerprint density at radius 3 is 2.58 bits per heavy atom. The number of urea groups is 1. The Balaban J connectivity index is 1.96. The highest BCUT2D eigenvalue weighted by Crippen LogP contribution is 2.28. The van der Waals surface area contributed by atoms with Gasteiger partial charge in [-0.25, -0.2) is 9.59 Å². The summed E-state index contributed by atoms with van der Waals surface area (Å²) >= 11 is 0. The molecule has 0 bridgehead atoms. The van der Waals surface area contributed by atoms with Gasteiger partial charge in [0.2, 0.25) is 0 Å². The van der Waals surface area contributed by atoms with Crippen LogP contribution >= 0.6 is 0 Å². The van der Waals surface area contributed by atoms with E-state index >= 15 is 0 Å². The number of likely N-dealkylation sites (tertiary alicyclic amines) is 1. The highest BCUT2D eigenvalue weighted by atomic mass is 16.5. The Hall–Kier alpha value is -2.34. The van der Waals surface area contributed by atoms with Crippen LogP contribution in [0.25, 0.3) is 0 Å². The summed E-state index contributed by atoms with van der Waals surface area (Å²) in [4.78, 5) is 26.8. The number of carbonyl (C=O) groups excluding carboxylic acids is 2. The number of amides is 2. The molecule has 1 fully saturated rings. The van der Waals surface area contributed by atoms with Crippen molar-refractivity contribution in [2.24, 2.45) is 0 Å². The van der Waals surface area contributed by atoms with Crippen molar-refractivity contribution in [1.82, 2.24) is 15.5 Å². The molecule has 128 valence electrons. The molecule has 2 aliphatic rings. The number of ether oxygens (including phenoxy) is 1. The van der Waals surface area contributed by atoms with Gasteiger partial charge in [-0.1, -0.05) is 36.8 Å². The summed E-state index contributed by atoms with van der Waals surface area (Å²) in [5.41, 5.74) is 1.99. The first-order valence-electron chi connectivity index (χ1n) is 8.35. The number of esters is 1. The Morgan fingerprint density at radius 2 is 1.92 bits per heavy atom. The molecule has 0 aliphatic carbocycles. The molecule has 0 unspecified atom stereocenters. The molecule has 2 aliphatic heterocycles. The molecule has 0 saturated carbocycles. The molecular weight excluding hydrogens is 306 g/mol. The number of nitrogens with zero attached hydrogens (tertiary/aromatic N) is 1. The van der Waals surface area contributed by atoms with Crippen molar-refractivity contribution >= 4 is 12.0 Å². The predicted molar refractivity (Wildman–Crippen MR) is 90.2 cm³/mol. The number of hydrogen-bond donors (Lipinski definition) is 2. The molecule has 1 saturated heterocycles. The molecular formula is C18H23N3O3. The van der Waals surface area contributed by atoms with Gasteiger partial charge in [0.05, 0.1) is 18.7 Å². The zero-order valence-corrected chi connectivity index (χ0v) is 13.9. The first kappa shape index (κ1) is 16.5. The number of methoxy groups -OCH3 is 1. The number of carbonyl (C=O) groups is 2. The number of rotatable bonds is 4. The van der Waals surface area contributed by atoms with Gasteiger partial charge in [-0.3, -0.25) is 4.90 Å². The molecule has 0 radical (unpaired) electrons. The minimum Gasteiger partial charge on any atom is -0.466 e. The molecule has 2 heterocycles. The van der Waals surface area contributed by atoms with Gasteiger partial charge in [0.15, 0.2) is 0 Å². The highest BCUT2D eigenvalue weighted by molar-refractivity contribution is 5.95. The zero-order chi connectivity index (χ0) is 16.9. The molecule has 0 spiro atoms. The monoisotopic (exact) mass is 329 g/mol. The lowest BCUT2D eigenvalue weighted by atomic mass is 9.95. The summed E-state index contributed by atoms with van der Waals surface area (Å²) in [6.45, 7) is 2.52. The van der Waals surface area contributed by atoms with Crippen LogP contribution in [0.3, 0.4) is 0 Å². The SMILES string of the molecule is COC(=O)C1=C(CN2CCCCC2)NC(=O)N[C@@H]1c1ccccc1. The van der Waals surface area contributed by atoms with E-state index in [1.807, 2.05) is 30.3 Å².